The van der Waals surface area contributed by atoms with E-state index in [4.69, 9.17) is 0 Å². The molecule has 168 valence electrons. The summed E-state index contributed by atoms with van der Waals surface area (Å²) in [6.45, 7) is 0. The second-order valence-corrected chi connectivity index (χ2v) is 12.2. The first kappa shape index (κ1) is 20.7. The fourth-order valence-corrected chi connectivity index (χ4v) is 9.64. The smallest absolute Gasteiger partial charge is 0.172 e. The normalized spacial score (nSPS) is 16.9. The molecule has 0 atom stereocenters. The Hall–Kier alpha value is -3.67. The average Bonchev–Trinajstić information content (AvgIpc) is 3.57. The van der Waals surface area contributed by atoms with Gasteiger partial charge in [0.25, 0.3) is 0 Å². The maximum Gasteiger partial charge on any atom is 0.172 e. The SMILES string of the molecule is O=P1(c2ccccc2)C(c2cc3cccccc-3c2)=C2CCCC2=C1c1cc2cccccc-2c1. The lowest BCUT2D eigenvalue weighted by Gasteiger charge is -2.22. The first-order valence-corrected chi connectivity index (χ1v) is 14.1. The highest BCUT2D eigenvalue weighted by Gasteiger charge is 2.47. The van der Waals surface area contributed by atoms with Crippen LogP contribution in [0.3, 0.4) is 0 Å². The van der Waals surface area contributed by atoms with Crippen LogP contribution in [0.5, 0.6) is 0 Å². The molecule has 35 heavy (non-hydrogen) atoms. The van der Waals surface area contributed by atoms with Crippen LogP contribution >= 0.6 is 7.14 Å². The van der Waals surface area contributed by atoms with Gasteiger partial charge in [0.1, 0.15) is 0 Å². The Labute approximate surface area is 206 Å². The van der Waals surface area contributed by atoms with Gasteiger partial charge in [-0.2, -0.15) is 0 Å². The van der Waals surface area contributed by atoms with Crippen molar-refractivity contribution in [3.05, 3.63) is 138 Å². The van der Waals surface area contributed by atoms with Crippen molar-refractivity contribution in [3.63, 3.8) is 0 Å². The van der Waals surface area contributed by atoms with Crippen LogP contribution in [-0.2, 0) is 4.57 Å². The summed E-state index contributed by atoms with van der Waals surface area (Å²) >= 11 is 0. The second-order valence-electron chi connectivity index (χ2n) is 9.58. The molecule has 1 aromatic carbocycles. The lowest BCUT2D eigenvalue weighted by Crippen LogP contribution is -2.06. The van der Waals surface area contributed by atoms with Crippen LogP contribution in [0.15, 0.2) is 126 Å². The monoisotopic (exact) mass is 468 g/mol. The number of allylic oxidation sites excluding steroid dienone is 2. The minimum Gasteiger partial charge on any atom is -0.309 e. The second kappa shape index (κ2) is 7.94. The van der Waals surface area contributed by atoms with Crippen molar-refractivity contribution in [1.29, 1.82) is 0 Å². The van der Waals surface area contributed by atoms with Crippen LogP contribution in [0, 0.1) is 0 Å². The predicted octanol–water partition coefficient (Wildman–Crippen LogP) is 8.90. The van der Waals surface area contributed by atoms with Gasteiger partial charge in [0.2, 0.25) is 0 Å². The van der Waals surface area contributed by atoms with E-state index in [0.29, 0.717) is 0 Å². The van der Waals surface area contributed by atoms with Gasteiger partial charge in [0.15, 0.2) is 7.14 Å². The third-order valence-electron chi connectivity index (χ3n) is 7.54. The molecule has 0 spiro atoms. The van der Waals surface area contributed by atoms with Crippen molar-refractivity contribution in [2.45, 2.75) is 19.3 Å². The van der Waals surface area contributed by atoms with E-state index in [1.807, 2.05) is 18.2 Å². The maximum atomic E-state index is 15.7. The topological polar surface area (TPSA) is 17.1 Å². The van der Waals surface area contributed by atoms with Gasteiger partial charge >= 0.3 is 0 Å². The van der Waals surface area contributed by atoms with Gasteiger partial charge in [-0.25, -0.2) is 0 Å². The molecule has 6 aliphatic rings. The summed E-state index contributed by atoms with van der Waals surface area (Å²) in [6, 6.07) is 40.2. The molecule has 0 radical (unpaired) electrons. The summed E-state index contributed by atoms with van der Waals surface area (Å²) in [5.74, 6) is 0. The molecule has 0 amide bonds. The summed E-state index contributed by atoms with van der Waals surface area (Å²) in [4.78, 5) is 0. The molecule has 1 heterocycles. The Kier molecular flexibility index (Phi) is 4.69. The Morgan fingerprint density at radius 2 is 0.829 bits per heavy atom. The highest BCUT2D eigenvalue weighted by atomic mass is 31.2. The number of hydrogen-bond acceptors (Lipinski definition) is 1. The van der Waals surface area contributed by atoms with Gasteiger partial charge in [0.05, 0.1) is 0 Å². The first-order valence-electron chi connectivity index (χ1n) is 12.4. The van der Waals surface area contributed by atoms with Crippen molar-refractivity contribution < 1.29 is 4.57 Å². The minimum atomic E-state index is -3.05. The summed E-state index contributed by atoms with van der Waals surface area (Å²) in [7, 11) is -3.05. The zero-order chi connectivity index (χ0) is 23.4. The first-order chi connectivity index (χ1) is 17.2. The van der Waals surface area contributed by atoms with Crippen molar-refractivity contribution in [2.24, 2.45) is 0 Å². The van der Waals surface area contributed by atoms with E-state index >= 15 is 4.57 Å². The zero-order valence-corrected chi connectivity index (χ0v) is 20.3. The molecule has 0 bridgehead atoms. The fraction of sp³-hybridized carbons (Fsp3) is 0.0909. The van der Waals surface area contributed by atoms with E-state index in [9.17, 15) is 0 Å². The molecule has 5 aliphatic carbocycles. The van der Waals surface area contributed by atoms with Gasteiger partial charge < -0.3 is 4.57 Å². The van der Waals surface area contributed by atoms with Crippen LogP contribution in [0.1, 0.15) is 30.4 Å². The quantitative estimate of drug-likeness (QED) is 0.242. The molecule has 0 unspecified atom stereocenters. The molecule has 1 fully saturated rings. The van der Waals surface area contributed by atoms with Crippen molar-refractivity contribution >= 4 is 23.1 Å². The predicted molar refractivity (Wildman–Crippen MR) is 148 cm³/mol. The molecule has 0 N–H and O–H groups in total. The lowest BCUT2D eigenvalue weighted by atomic mass is 10.1. The number of hydrogen-bond donors (Lipinski definition) is 0. The Morgan fingerprint density at radius 1 is 0.457 bits per heavy atom. The van der Waals surface area contributed by atoms with Gasteiger partial charge in [0, 0.05) is 15.9 Å². The highest BCUT2D eigenvalue weighted by molar-refractivity contribution is 7.90. The minimum absolute atomic E-state index is 0.936. The molecular formula is C33H25OP. The molecule has 7 rings (SSSR count). The van der Waals surface area contributed by atoms with Crippen LogP contribution < -0.4 is 5.30 Å². The Balaban J connectivity index is 1.52. The number of rotatable bonds is 3. The van der Waals surface area contributed by atoms with Gasteiger partial charge in [-0.1, -0.05) is 91.0 Å². The van der Waals surface area contributed by atoms with Crippen molar-refractivity contribution in [3.8, 4) is 22.3 Å². The third-order valence-corrected chi connectivity index (χ3v) is 10.9. The third kappa shape index (κ3) is 3.12. The molecular weight excluding hydrogens is 443 g/mol. The molecule has 1 nitrogen and oxygen atoms in total. The number of fused-ring (bicyclic) bond motifs is 3. The van der Waals surface area contributed by atoms with Crippen LogP contribution in [0.4, 0.5) is 0 Å². The van der Waals surface area contributed by atoms with E-state index in [0.717, 1.165) is 46.3 Å². The van der Waals surface area contributed by atoms with E-state index in [1.165, 1.54) is 33.4 Å². The molecule has 2 heteroatoms. The van der Waals surface area contributed by atoms with Crippen LogP contribution in [-0.4, -0.2) is 0 Å². The summed E-state index contributed by atoms with van der Waals surface area (Å²) in [6.07, 6.45) is 3.11. The van der Waals surface area contributed by atoms with Gasteiger partial charge in [-0.15, -0.1) is 0 Å². The Morgan fingerprint density at radius 3 is 1.23 bits per heavy atom. The standard InChI is InChI=1S/C33H25OP/c34-35(29-15-8-3-9-16-29)32(27-19-23-11-4-1-5-12-24(23)20-27)30-17-10-18-31(30)33(35)28-21-25-13-6-2-7-14-26(25)22-28/h1-9,11-16,19-22H,10,17-18H2. The average molecular weight is 469 g/mol. The molecule has 1 aliphatic heterocycles. The Bertz CT molecular complexity index is 1480. The molecule has 0 aromatic heterocycles. The van der Waals surface area contributed by atoms with Crippen molar-refractivity contribution in [1.82, 2.24) is 0 Å². The van der Waals surface area contributed by atoms with Crippen LogP contribution in [0.25, 0.3) is 32.9 Å². The lowest BCUT2D eigenvalue weighted by molar-refractivity contribution is 0.593. The summed E-state index contributed by atoms with van der Waals surface area (Å²) in [5, 5.41) is 3.08. The van der Waals surface area contributed by atoms with Crippen LogP contribution in [0.2, 0.25) is 0 Å². The molecule has 1 saturated carbocycles. The number of benzene rings is 1. The summed E-state index contributed by atoms with van der Waals surface area (Å²) in [5.41, 5.74) is 9.64. The van der Waals surface area contributed by atoms with Crippen molar-refractivity contribution in [2.75, 3.05) is 0 Å². The van der Waals surface area contributed by atoms with Gasteiger partial charge in [-0.3, -0.25) is 0 Å². The molecule has 1 aromatic rings. The van der Waals surface area contributed by atoms with Gasteiger partial charge in [-0.05, 0) is 88.1 Å². The summed E-state index contributed by atoms with van der Waals surface area (Å²) < 4.78 is 15.7. The highest BCUT2D eigenvalue weighted by Crippen LogP contribution is 2.76. The maximum absolute atomic E-state index is 15.7. The van der Waals surface area contributed by atoms with E-state index in [-0.39, 0.29) is 0 Å². The van der Waals surface area contributed by atoms with E-state index in [1.54, 1.807) is 0 Å². The van der Waals surface area contributed by atoms with E-state index in [2.05, 4.69) is 97.1 Å². The van der Waals surface area contributed by atoms with E-state index < -0.39 is 7.14 Å². The molecule has 0 saturated heterocycles. The fourth-order valence-electron chi connectivity index (χ4n) is 6.07. The zero-order valence-electron chi connectivity index (χ0n) is 19.4. The largest absolute Gasteiger partial charge is 0.309 e.